The molecule has 1 unspecified atom stereocenters. The monoisotopic (exact) mass is 171 g/mol. The summed E-state index contributed by atoms with van der Waals surface area (Å²) in [6, 6.07) is 1.28. The van der Waals surface area contributed by atoms with E-state index in [1.807, 2.05) is 0 Å². The smallest absolute Gasteiger partial charge is 0.0625 e. The molecule has 0 aromatic carbocycles. The molecular weight excluding hydrogens is 150 g/mol. The molecule has 0 N–H and O–H groups in total. The third-order valence-electron chi connectivity index (χ3n) is 2.64. The number of ether oxygens (including phenoxy) is 1. The van der Waals surface area contributed by atoms with Crippen LogP contribution < -0.4 is 0 Å². The molecule has 1 saturated heterocycles. The van der Waals surface area contributed by atoms with Crippen molar-refractivity contribution in [1.82, 2.24) is 4.90 Å². The molecule has 2 nitrogen and oxygen atoms in total. The van der Waals surface area contributed by atoms with Gasteiger partial charge in [0, 0.05) is 18.6 Å². The highest BCUT2D eigenvalue weighted by atomic mass is 16.5. The minimum absolute atomic E-state index is 0.624. The summed E-state index contributed by atoms with van der Waals surface area (Å²) >= 11 is 0. The lowest BCUT2D eigenvalue weighted by atomic mass is 10.0. The highest BCUT2D eigenvalue weighted by molar-refractivity contribution is 4.79. The molecule has 0 aliphatic carbocycles. The second kappa shape index (κ2) is 4.24. The fourth-order valence-corrected chi connectivity index (χ4v) is 1.85. The SMILES string of the molecule is CC(C)C1COCCN1C(C)C. The van der Waals surface area contributed by atoms with Crippen molar-refractivity contribution in [1.29, 1.82) is 0 Å². The van der Waals surface area contributed by atoms with Crippen LogP contribution >= 0.6 is 0 Å². The molecule has 12 heavy (non-hydrogen) atoms. The number of hydrogen-bond acceptors (Lipinski definition) is 2. The Morgan fingerprint density at radius 3 is 2.33 bits per heavy atom. The van der Waals surface area contributed by atoms with Crippen molar-refractivity contribution >= 4 is 0 Å². The first kappa shape index (κ1) is 10.0. The van der Waals surface area contributed by atoms with Gasteiger partial charge in [0.2, 0.25) is 0 Å². The van der Waals surface area contributed by atoms with Crippen molar-refractivity contribution in [3.8, 4) is 0 Å². The van der Waals surface area contributed by atoms with Gasteiger partial charge in [0.15, 0.2) is 0 Å². The van der Waals surface area contributed by atoms with Crippen molar-refractivity contribution in [2.24, 2.45) is 5.92 Å². The van der Waals surface area contributed by atoms with Crippen LogP contribution in [0.5, 0.6) is 0 Å². The standard InChI is InChI=1S/C10H21NO/c1-8(2)10-7-12-6-5-11(10)9(3)4/h8-10H,5-7H2,1-4H3. The van der Waals surface area contributed by atoms with Crippen LogP contribution in [-0.4, -0.2) is 36.7 Å². The van der Waals surface area contributed by atoms with E-state index >= 15 is 0 Å². The molecular formula is C10H21NO. The van der Waals surface area contributed by atoms with Gasteiger partial charge >= 0.3 is 0 Å². The zero-order chi connectivity index (χ0) is 9.14. The molecule has 1 atom stereocenters. The predicted molar refractivity (Wildman–Crippen MR) is 51.3 cm³/mol. The average molecular weight is 171 g/mol. The van der Waals surface area contributed by atoms with Crippen LogP contribution in [-0.2, 0) is 4.74 Å². The average Bonchev–Trinajstić information content (AvgIpc) is 2.04. The Morgan fingerprint density at radius 1 is 1.25 bits per heavy atom. The molecule has 1 aliphatic rings. The minimum Gasteiger partial charge on any atom is -0.378 e. The Kier molecular flexibility index (Phi) is 3.53. The van der Waals surface area contributed by atoms with Gasteiger partial charge in [-0.1, -0.05) is 13.8 Å². The maximum Gasteiger partial charge on any atom is 0.0625 e. The number of rotatable bonds is 2. The van der Waals surface area contributed by atoms with E-state index in [4.69, 9.17) is 4.74 Å². The van der Waals surface area contributed by atoms with Gasteiger partial charge in [-0.3, -0.25) is 4.90 Å². The summed E-state index contributed by atoms with van der Waals surface area (Å²) < 4.78 is 5.48. The van der Waals surface area contributed by atoms with Gasteiger partial charge in [-0.05, 0) is 19.8 Å². The molecule has 0 amide bonds. The molecule has 0 aromatic heterocycles. The van der Waals surface area contributed by atoms with Crippen LogP contribution in [0.1, 0.15) is 27.7 Å². The molecule has 1 heterocycles. The highest BCUT2D eigenvalue weighted by Crippen LogP contribution is 2.17. The summed E-state index contributed by atoms with van der Waals surface area (Å²) in [5.74, 6) is 0.702. The lowest BCUT2D eigenvalue weighted by Crippen LogP contribution is -2.51. The van der Waals surface area contributed by atoms with Crippen molar-refractivity contribution in [3.63, 3.8) is 0 Å². The molecule has 0 spiro atoms. The second-order valence-electron chi connectivity index (χ2n) is 4.22. The van der Waals surface area contributed by atoms with Crippen LogP contribution in [0.2, 0.25) is 0 Å². The highest BCUT2D eigenvalue weighted by Gasteiger charge is 2.26. The first-order valence-corrected chi connectivity index (χ1v) is 4.96. The Labute approximate surface area is 75.9 Å². The molecule has 1 aliphatic heterocycles. The molecule has 72 valence electrons. The van der Waals surface area contributed by atoms with E-state index in [1.165, 1.54) is 0 Å². The molecule has 1 rings (SSSR count). The molecule has 1 fully saturated rings. The van der Waals surface area contributed by atoms with Crippen molar-refractivity contribution in [3.05, 3.63) is 0 Å². The van der Waals surface area contributed by atoms with E-state index in [0.29, 0.717) is 18.0 Å². The van der Waals surface area contributed by atoms with Gasteiger partial charge in [-0.15, -0.1) is 0 Å². The lowest BCUT2D eigenvalue weighted by molar-refractivity contribution is -0.0386. The molecule has 0 radical (unpaired) electrons. The van der Waals surface area contributed by atoms with Crippen LogP contribution in [0.15, 0.2) is 0 Å². The summed E-state index contributed by atoms with van der Waals surface area (Å²) in [6.07, 6.45) is 0. The maximum absolute atomic E-state index is 5.48. The molecule has 2 heteroatoms. The van der Waals surface area contributed by atoms with E-state index in [2.05, 4.69) is 32.6 Å². The van der Waals surface area contributed by atoms with Gasteiger partial charge in [-0.2, -0.15) is 0 Å². The fraction of sp³-hybridized carbons (Fsp3) is 1.00. The maximum atomic E-state index is 5.48. The van der Waals surface area contributed by atoms with Gasteiger partial charge in [-0.25, -0.2) is 0 Å². The van der Waals surface area contributed by atoms with Crippen molar-refractivity contribution < 1.29 is 4.74 Å². The summed E-state index contributed by atoms with van der Waals surface area (Å²) in [5, 5.41) is 0. The van der Waals surface area contributed by atoms with Crippen molar-refractivity contribution in [2.75, 3.05) is 19.8 Å². The normalized spacial score (nSPS) is 27.0. The zero-order valence-electron chi connectivity index (χ0n) is 8.71. The minimum atomic E-state index is 0.624. The summed E-state index contributed by atoms with van der Waals surface area (Å²) in [4.78, 5) is 2.55. The Hall–Kier alpha value is -0.0800. The Balaban J connectivity index is 2.54. The van der Waals surface area contributed by atoms with E-state index in [0.717, 1.165) is 19.8 Å². The number of nitrogens with zero attached hydrogens (tertiary/aromatic N) is 1. The largest absolute Gasteiger partial charge is 0.378 e. The first-order valence-electron chi connectivity index (χ1n) is 4.96. The van der Waals surface area contributed by atoms with E-state index in [-0.39, 0.29) is 0 Å². The zero-order valence-corrected chi connectivity index (χ0v) is 8.71. The van der Waals surface area contributed by atoms with Crippen molar-refractivity contribution in [2.45, 2.75) is 39.8 Å². The van der Waals surface area contributed by atoms with Gasteiger partial charge < -0.3 is 4.74 Å². The molecule has 0 bridgehead atoms. The first-order chi connectivity index (χ1) is 5.63. The fourth-order valence-electron chi connectivity index (χ4n) is 1.85. The van der Waals surface area contributed by atoms with Gasteiger partial charge in [0.1, 0.15) is 0 Å². The Bertz CT molecular complexity index is 118. The van der Waals surface area contributed by atoms with E-state index in [1.54, 1.807) is 0 Å². The molecule has 0 saturated carbocycles. The predicted octanol–water partition coefficient (Wildman–Crippen LogP) is 1.75. The number of hydrogen-bond donors (Lipinski definition) is 0. The van der Waals surface area contributed by atoms with Gasteiger partial charge in [0.25, 0.3) is 0 Å². The third-order valence-corrected chi connectivity index (χ3v) is 2.64. The second-order valence-corrected chi connectivity index (χ2v) is 4.22. The van der Waals surface area contributed by atoms with Crippen LogP contribution in [0, 0.1) is 5.92 Å². The van der Waals surface area contributed by atoms with E-state index < -0.39 is 0 Å². The van der Waals surface area contributed by atoms with Crippen LogP contribution in [0.4, 0.5) is 0 Å². The summed E-state index contributed by atoms with van der Waals surface area (Å²) in [6.45, 7) is 12.0. The summed E-state index contributed by atoms with van der Waals surface area (Å²) in [5.41, 5.74) is 0. The molecule has 0 aromatic rings. The third kappa shape index (κ3) is 2.20. The Morgan fingerprint density at radius 2 is 1.92 bits per heavy atom. The topological polar surface area (TPSA) is 12.5 Å². The van der Waals surface area contributed by atoms with Gasteiger partial charge in [0.05, 0.1) is 13.2 Å². The number of morpholine rings is 1. The summed E-state index contributed by atoms with van der Waals surface area (Å²) in [7, 11) is 0. The van der Waals surface area contributed by atoms with Crippen LogP contribution in [0.25, 0.3) is 0 Å². The quantitative estimate of drug-likeness (QED) is 0.627. The van der Waals surface area contributed by atoms with E-state index in [9.17, 15) is 0 Å². The van der Waals surface area contributed by atoms with Crippen LogP contribution in [0.3, 0.4) is 0 Å². The lowest BCUT2D eigenvalue weighted by Gasteiger charge is -2.40.